The van der Waals surface area contributed by atoms with E-state index in [2.05, 4.69) is 15.5 Å². The lowest BCUT2D eigenvalue weighted by atomic mass is 10.1. The third-order valence-corrected chi connectivity index (χ3v) is 4.68. The number of amides is 1. The Morgan fingerprint density at radius 2 is 1.94 bits per heavy atom. The lowest BCUT2D eigenvalue weighted by Gasteiger charge is -2.09. The van der Waals surface area contributed by atoms with Crippen LogP contribution in [-0.2, 0) is 0 Å². The Bertz CT molecular complexity index is 1160. The summed E-state index contributed by atoms with van der Waals surface area (Å²) in [5.41, 5.74) is 7.03. The SMILES string of the molecule is COc1cccc(C(=O)Nc2cc(-c3noc(/C(C)=C(\N)C(C)C)n3)c(F)cc2F)c1. The zero-order chi connectivity index (χ0) is 22.7. The monoisotopic (exact) mass is 428 g/mol. The van der Waals surface area contributed by atoms with Crippen LogP contribution in [0.1, 0.15) is 37.0 Å². The van der Waals surface area contributed by atoms with Gasteiger partial charge in [-0.1, -0.05) is 25.1 Å². The minimum absolute atomic E-state index is 0.0522. The number of nitrogens with zero attached hydrogens (tertiary/aromatic N) is 2. The van der Waals surface area contributed by atoms with Crippen LogP contribution in [0, 0.1) is 17.6 Å². The second kappa shape index (κ2) is 8.95. The quantitative estimate of drug-likeness (QED) is 0.594. The van der Waals surface area contributed by atoms with E-state index in [0.29, 0.717) is 23.1 Å². The first kappa shape index (κ1) is 21.9. The molecule has 1 amide bonds. The smallest absolute Gasteiger partial charge is 0.255 e. The van der Waals surface area contributed by atoms with Gasteiger partial charge in [-0.2, -0.15) is 4.98 Å². The summed E-state index contributed by atoms with van der Waals surface area (Å²) in [5, 5.41) is 6.20. The Labute approximate surface area is 177 Å². The van der Waals surface area contributed by atoms with Crippen LogP contribution in [0.15, 0.2) is 46.6 Å². The summed E-state index contributed by atoms with van der Waals surface area (Å²) in [5.74, 6) is -1.88. The molecule has 3 aromatic rings. The number of hydrogen-bond acceptors (Lipinski definition) is 6. The molecule has 31 heavy (non-hydrogen) atoms. The van der Waals surface area contributed by atoms with Crippen LogP contribution in [0.5, 0.6) is 5.75 Å². The first-order chi connectivity index (χ1) is 14.7. The van der Waals surface area contributed by atoms with Crippen molar-refractivity contribution in [3.63, 3.8) is 0 Å². The van der Waals surface area contributed by atoms with Crippen LogP contribution in [0.3, 0.4) is 0 Å². The van der Waals surface area contributed by atoms with Crippen LogP contribution in [-0.4, -0.2) is 23.2 Å². The van der Waals surface area contributed by atoms with Gasteiger partial charge in [-0.25, -0.2) is 8.78 Å². The zero-order valence-corrected chi connectivity index (χ0v) is 17.5. The largest absolute Gasteiger partial charge is 0.497 e. The van der Waals surface area contributed by atoms with E-state index >= 15 is 0 Å². The predicted molar refractivity (Wildman–Crippen MR) is 112 cm³/mol. The number of anilines is 1. The molecule has 0 unspecified atom stereocenters. The van der Waals surface area contributed by atoms with Crippen LogP contribution >= 0.6 is 0 Å². The second-order valence-corrected chi connectivity index (χ2v) is 7.16. The van der Waals surface area contributed by atoms with Gasteiger partial charge in [0.2, 0.25) is 5.82 Å². The van der Waals surface area contributed by atoms with Crippen LogP contribution < -0.4 is 15.8 Å². The standard InChI is InChI=1S/C22H22F2N4O3/c1-11(2)19(25)12(3)22-27-20(28-31-22)15-9-18(17(24)10-16(15)23)26-21(29)13-6-5-7-14(8-13)30-4/h5-11H,25H2,1-4H3,(H,26,29)/b19-12-. The van der Waals surface area contributed by atoms with Gasteiger partial charge in [-0.15, -0.1) is 0 Å². The van der Waals surface area contributed by atoms with E-state index in [1.807, 2.05) is 13.8 Å². The van der Waals surface area contributed by atoms with E-state index in [0.717, 1.165) is 6.07 Å². The van der Waals surface area contributed by atoms with Gasteiger partial charge in [-0.3, -0.25) is 4.79 Å². The number of halogens is 2. The number of aromatic nitrogens is 2. The summed E-state index contributed by atoms with van der Waals surface area (Å²) in [7, 11) is 1.47. The molecular formula is C22H22F2N4O3. The van der Waals surface area contributed by atoms with Crippen molar-refractivity contribution >= 4 is 17.2 Å². The van der Waals surface area contributed by atoms with Crippen molar-refractivity contribution in [2.45, 2.75) is 20.8 Å². The van der Waals surface area contributed by atoms with Gasteiger partial charge >= 0.3 is 0 Å². The molecule has 2 aromatic carbocycles. The second-order valence-electron chi connectivity index (χ2n) is 7.16. The van der Waals surface area contributed by atoms with Crippen LogP contribution in [0.4, 0.5) is 14.5 Å². The molecule has 0 fully saturated rings. The fourth-order valence-electron chi connectivity index (χ4n) is 2.82. The fourth-order valence-corrected chi connectivity index (χ4v) is 2.82. The van der Waals surface area contributed by atoms with Gasteiger partial charge in [0, 0.05) is 22.9 Å². The van der Waals surface area contributed by atoms with E-state index in [1.165, 1.54) is 13.2 Å². The van der Waals surface area contributed by atoms with E-state index < -0.39 is 17.5 Å². The van der Waals surface area contributed by atoms with Gasteiger partial charge < -0.3 is 20.3 Å². The molecule has 0 spiro atoms. The number of methoxy groups -OCH3 is 1. The Kier molecular flexibility index (Phi) is 6.33. The first-order valence-corrected chi connectivity index (χ1v) is 9.46. The van der Waals surface area contributed by atoms with Gasteiger partial charge in [0.25, 0.3) is 11.8 Å². The zero-order valence-electron chi connectivity index (χ0n) is 17.5. The predicted octanol–water partition coefficient (Wildman–Crippen LogP) is 4.62. The molecule has 0 radical (unpaired) electrons. The number of nitrogens with two attached hydrogens (primary N) is 1. The van der Waals surface area contributed by atoms with E-state index in [4.69, 9.17) is 15.0 Å². The van der Waals surface area contributed by atoms with E-state index in [-0.39, 0.29) is 34.4 Å². The Balaban J connectivity index is 1.93. The van der Waals surface area contributed by atoms with Gasteiger partial charge in [0.05, 0.1) is 18.4 Å². The number of carbonyl (C=O) groups excluding carboxylic acids is 1. The lowest BCUT2D eigenvalue weighted by molar-refractivity contribution is 0.102. The maximum Gasteiger partial charge on any atom is 0.255 e. The van der Waals surface area contributed by atoms with Gasteiger partial charge in [0.15, 0.2) is 0 Å². The summed E-state index contributed by atoms with van der Waals surface area (Å²) in [6.45, 7) is 5.54. The van der Waals surface area contributed by atoms with Gasteiger partial charge in [0.1, 0.15) is 17.4 Å². The number of ether oxygens (including phenoxy) is 1. The highest BCUT2D eigenvalue weighted by Crippen LogP contribution is 2.29. The van der Waals surface area contributed by atoms with Crippen molar-refractivity contribution in [1.29, 1.82) is 0 Å². The first-order valence-electron chi connectivity index (χ1n) is 9.46. The molecule has 0 atom stereocenters. The highest BCUT2D eigenvalue weighted by atomic mass is 19.1. The summed E-state index contributed by atoms with van der Waals surface area (Å²) >= 11 is 0. The Morgan fingerprint density at radius 1 is 1.19 bits per heavy atom. The number of allylic oxidation sites excluding steroid dienone is 2. The molecule has 0 saturated carbocycles. The van der Waals surface area contributed by atoms with E-state index in [9.17, 15) is 13.6 Å². The third-order valence-electron chi connectivity index (χ3n) is 4.68. The molecule has 9 heteroatoms. The van der Waals surface area contributed by atoms with Crippen molar-refractivity contribution in [3.8, 4) is 17.1 Å². The highest BCUT2D eigenvalue weighted by Gasteiger charge is 2.20. The third kappa shape index (κ3) is 4.71. The number of rotatable bonds is 6. The molecule has 162 valence electrons. The van der Waals surface area contributed by atoms with E-state index in [1.54, 1.807) is 25.1 Å². The Hall–Kier alpha value is -3.75. The molecule has 3 rings (SSSR count). The van der Waals surface area contributed by atoms with Crippen molar-refractivity contribution in [1.82, 2.24) is 10.1 Å². The highest BCUT2D eigenvalue weighted by molar-refractivity contribution is 6.04. The molecule has 0 aliphatic carbocycles. The van der Waals surface area contributed by atoms with Crippen LogP contribution in [0.2, 0.25) is 0 Å². The molecule has 1 heterocycles. The molecule has 7 nitrogen and oxygen atoms in total. The van der Waals surface area contributed by atoms with Crippen LogP contribution in [0.25, 0.3) is 17.0 Å². The molecule has 0 aliphatic rings. The fraction of sp³-hybridized carbons (Fsp3) is 0.227. The maximum atomic E-state index is 14.4. The minimum atomic E-state index is -0.943. The summed E-state index contributed by atoms with van der Waals surface area (Å²) in [6, 6.07) is 8.10. The number of carbonyl (C=O) groups is 1. The summed E-state index contributed by atoms with van der Waals surface area (Å²) < 4.78 is 39.0. The molecule has 1 aromatic heterocycles. The number of hydrogen-bond donors (Lipinski definition) is 2. The summed E-state index contributed by atoms with van der Waals surface area (Å²) in [4.78, 5) is 16.7. The van der Waals surface area contributed by atoms with Crippen molar-refractivity contribution < 1.29 is 22.8 Å². The maximum absolute atomic E-state index is 14.4. The molecule has 3 N–H and O–H groups in total. The number of benzene rings is 2. The molecule has 0 aliphatic heterocycles. The molecule has 0 bridgehead atoms. The summed E-state index contributed by atoms with van der Waals surface area (Å²) in [6.07, 6.45) is 0. The van der Waals surface area contributed by atoms with Crippen molar-refractivity contribution in [2.75, 3.05) is 12.4 Å². The average Bonchev–Trinajstić information content (AvgIpc) is 3.24. The van der Waals surface area contributed by atoms with Gasteiger partial charge in [-0.05, 0) is 37.1 Å². The normalized spacial score (nSPS) is 12.0. The van der Waals surface area contributed by atoms with Crippen molar-refractivity contribution in [2.24, 2.45) is 11.7 Å². The lowest BCUT2D eigenvalue weighted by Crippen LogP contribution is -2.13. The number of nitrogens with one attached hydrogen (secondary N) is 1. The Morgan fingerprint density at radius 3 is 2.61 bits per heavy atom. The minimum Gasteiger partial charge on any atom is -0.497 e. The molecular weight excluding hydrogens is 406 g/mol. The van der Waals surface area contributed by atoms with Crippen molar-refractivity contribution in [3.05, 3.63) is 65.2 Å². The molecule has 0 saturated heterocycles. The topological polar surface area (TPSA) is 103 Å². The average molecular weight is 428 g/mol.